The molecule has 0 saturated carbocycles. The van der Waals surface area contributed by atoms with E-state index in [4.69, 9.17) is 0 Å². The molecule has 2 aromatic carbocycles. The summed E-state index contributed by atoms with van der Waals surface area (Å²) in [6, 6.07) is 14.5. The first-order valence-electron chi connectivity index (χ1n) is 7.23. The molecule has 1 amide bonds. The predicted molar refractivity (Wildman–Crippen MR) is 89.2 cm³/mol. The highest BCUT2D eigenvalue weighted by atomic mass is 16.6. The molecule has 0 aromatic heterocycles. The van der Waals surface area contributed by atoms with Gasteiger partial charge in [0.15, 0.2) is 0 Å². The molecule has 23 heavy (non-hydrogen) atoms. The number of benzene rings is 2. The number of hydrogen-bond donors (Lipinski definition) is 1. The third-order valence-corrected chi connectivity index (χ3v) is 3.40. The molecule has 0 aliphatic heterocycles. The van der Waals surface area contributed by atoms with Crippen molar-refractivity contribution < 1.29 is 9.72 Å². The second-order valence-electron chi connectivity index (χ2n) is 5.46. The van der Waals surface area contributed by atoms with Crippen LogP contribution in [-0.4, -0.2) is 29.3 Å². The number of nitro benzene ring substituents is 1. The molecule has 1 N–H and O–H groups in total. The van der Waals surface area contributed by atoms with Crippen molar-refractivity contribution in [1.29, 1.82) is 0 Å². The van der Waals surface area contributed by atoms with E-state index >= 15 is 0 Å². The molecule has 0 aliphatic rings. The molecule has 0 spiro atoms. The Labute approximate surface area is 134 Å². The Hall–Kier alpha value is -2.73. The Bertz CT molecular complexity index is 701. The third-order valence-electron chi connectivity index (χ3n) is 3.40. The van der Waals surface area contributed by atoms with Gasteiger partial charge in [0.05, 0.1) is 11.5 Å². The number of amides is 1. The second kappa shape index (κ2) is 7.51. The minimum Gasteiger partial charge on any atom is -0.325 e. The van der Waals surface area contributed by atoms with Gasteiger partial charge in [-0.3, -0.25) is 19.8 Å². The summed E-state index contributed by atoms with van der Waals surface area (Å²) in [7, 11) is 1.85. The van der Waals surface area contributed by atoms with Crippen LogP contribution in [0, 0.1) is 17.0 Å². The van der Waals surface area contributed by atoms with Gasteiger partial charge in [0, 0.05) is 23.9 Å². The van der Waals surface area contributed by atoms with E-state index in [2.05, 4.69) is 5.32 Å². The Morgan fingerprint density at radius 1 is 1.22 bits per heavy atom. The zero-order valence-corrected chi connectivity index (χ0v) is 13.2. The van der Waals surface area contributed by atoms with Crippen molar-refractivity contribution in [2.24, 2.45) is 0 Å². The third kappa shape index (κ3) is 4.89. The van der Waals surface area contributed by atoms with Gasteiger partial charge in [-0.05, 0) is 25.6 Å². The minimum atomic E-state index is -0.452. The number of anilines is 1. The zero-order valence-electron chi connectivity index (χ0n) is 13.2. The molecule has 0 heterocycles. The van der Waals surface area contributed by atoms with Crippen molar-refractivity contribution in [1.82, 2.24) is 4.90 Å². The van der Waals surface area contributed by atoms with E-state index in [0.717, 1.165) is 5.56 Å². The van der Waals surface area contributed by atoms with E-state index < -0.39 is 4.92 Å². The second-order valence-corrected chi connectivity index (χ2v) is 5.46. The summed E-state index contributed by atoms with van der Waals surface area (Å²) >= 11 is 0. The van der Waals surface area contributed by atoms with Gasteiger partial charge in [-0.1, -0.05) is 36.4 Å². The minimum absolute atomic E-state index is 0.000408. The standard InChI is InChI=1S/C17H19N3O3/c1-13-8-9-15(10-16(13)20(22)23)18-17(21)12-19(2)11-14-6-4-3-5-7-14/h3-10H,11-12H2,1-2H3,(H,18,21). The Morgan fingerprint density at radius 3 is 2.57 bits per heavy atom. The number of carbonyl (C=O) groups is 1. The smallest absolute Gasteiger partial charge is 0.274 e. The largest absolute Gasteiger partial charge is 0.325 e. The number of nitrogens with one attached hydrogen (secondary N) is 1. The number of nitrogens with zero attached hydrogens (tertiary/aromatic N) is 2. The summed E-state index contributed by atoms with van der Waals surface area (Å²) in [5, 5.41) is 13.6. The summed E-state index contributed by atoms with van der Waals surface area (Å²) in [6.45, 7) is 2.52. The van der Waals surface area contributed by atoms with Gasteiger partial charge < -0.3 is 5.32 Å². The van der Waals surface area contributed by atoms with Crippen molar-refractivity contribution in [2.45, 2.75) is 13.5 Å². The van der Waals surface area contributed by atoms with Crippen LogP contribution in [-0.2, 0) is 11.3 Å². The van der Waals surface area contributed by atoms with Crippen LogP contribution in [0.3, 0.4) is 0 Å². The fraction of sp³-hybridized carbons (Fsp3) is 0.235. The van der Waals surface area contributed by atoms with Crippen LogP contribution in [0.15, 0.2) is 48.5 Å². The van der Waals surface area contributed by atoms with Crippen LogP contribution >= 0.6 is 0 Å². The maximum absolute atomic E-state index is 12.1. The summed E-state index contributed by atoms with van der Waals surface area (Å²) < 4.78 is 0. The van der Waals surface area contributed by atoms with Crippen LogP contribution in [0.4, 0.5) is 11.4 Å². The van der Waals surface area contributed by atoms with Crippen LogP contribution in [0.1, 0.15) is 11.1 Å². The van der Waals surface area contributed by atoms with Crippen molar-refractivity contribution in [3.05, 3.63) is 69.8 Å². The van der Waals surface area contributed by atoms with Crippen LogP contribution in [0.2, 0.25) is 0 Å². The molecule has 6 heteroatoms. The highest BCUT2D eigenvalue weighted by molar-refractivity contribution is 5.92. The lowest BCUT2D eigenvalue weighted by molar-refractivity contribution is -0.385. The Kier molecular flexibility index (Phi) is 5.43. The molecular formula is C17H19N3O3. The van der Waals surface area contributed by atoms with Crippen molar-refractivity contribution >= 4 is 17.3 Å². The van der Waals surface area contributed by atoms with Crippen molar-refractivity contribution in [3.8, 4) is 0 Å². The lowest BCUT2D eigenvalue weighted by Gasteiger charge is -2.16. The lowest BCUT2D eigenvalue weighted by atomic mass is 10.2. The average molecular weight is 313 g/mol. The number of likely N-dealkylation sites (N-methyl/N-ethyl adjacent to an activating group) is 1. The molecule has 0 atom stereocenters. The number of carbonyl (C=O) groups excluding carboxylic acids is 1. The molecule has 0 aliphatic carbocycles. The van der Waals surface area contributed by atoms with Gasteiger partial charge >= 0.3 is 0 Å². The molecule has 0 fully saturated rings. The fourth-order valence-corrected chi connectivity index (χ4v) is 2.28. The normalized spacial score (nSPS) is 10.6. The van der Waals surface area contributed by atoms with E-state index in [9.17, 15) is 14.9 Å². The first-order valence-corrected chi connectivity index (χ1v) is 7.23. The molecule has 0 radical (unpaired) electrons. The first-order chi connectivity index (χ1) is 11.0. The highest BCUT2D eigenvalue weighted by Crippen LogP contribution is 2.22. The van der Waals surface area contributed by atoms with E-state index in [0.29, 0.717) is 17.8 Å². The SMILES string of the molecule is Cc1ccc(NC(=O)CN(C)Cc2ccccc2)cc1[N+](=O)[O-]. The zero-order chi connectivity index (χ0) is 16.8. The van der Waals surface area contributed by atoms with Gasteiger partial charge in [0.2, 0.25) is 5.91 Å². The number of hydrogen-bond acceptors (Lipinski definition) is 4. The van der Waals surface area contributed by atoms with Gasteiger partial charge in [-0.25, -0.2) is 0 Å². The summed E-state index contributed by atoms with van der Waals surface area (Å²) in [5.41, 5.74) is 2.11. The van der Waals surface area contributed by atoms with E-state index in [1.807, 2.05) is 42.3 Å². The van der Waals surface area contributed by atoms with Crippen LogP contribution < -0.4 is 5.32 Å². The van der Waals surface area contributed by atoms with E-state index in [1.54, 1.807) is 19.1 Å². The summed E-state index contributed by atoms with van der Waals surface area (Å²) in [4.78, 5) is 24.4. The monoisotopic (exact) mass is 313 g/mol. The number of nitro groups is 1. The maximum Gasteiger partial charge on any atom is 0.274 e. The van der Waals surface area contributed by atoms with Gasteiger partial charge in [-0.2, -0.15) is 0 Å². The molecule has 2 rings (SSSR count). The number of rotatable bonds is 6. The van der Waals surface area contributed by atoms with Gasteiger partial charge in [-0.15, -0.1) is 0 Å². The van der Waals surface area contributed by atoms with Crippen LogP contribution in [0.5, 0.6) is 0 Å². The van der Waals surface area contributed by atoms with Crippen molar-refractivity contribution in [2.75, 3.05) is 18.9 Å². The Balaban J connectivity index is 1.94. The summed E-state index contributed by atoms with van der Waals surface area (Å²) in [5.74, 6) is -0.207. The average Bonchev–Trinajstić information content (AvgIpc) is 2.49. The molecule has 2 aromatic rings. The molecule has 0 unspecified atom stereocenters. The van der Waals surface area contributed by atoms with Gasteiger partial charge in [0.1, 0.15) is 0 Å². The fourth-order valence-electron chi connectivity index (χ4n) is 2.28. The van der Waals surface area contributed by atoms with Gasteiger partial charge in [0.25, 0.3) is 5.69 Å². The first kappa shape index (κ1) is 16.6. The van der Waals surface area contributed by atoms with E-state index in [-0.39, 0.29) is 18.1 Å². The lowest BCUT2D eigenvalue weighted by Crippen LogP contribution is -2.29. The molecule has 120 valence electrons. The topological polar surface area (TPSA) is 75.5 Å². The quantitative estimate of drug-likeness (QED) is 0.657. The summed E-state index contributed by atoms with van der Waals surface area (Å²) in [6.07, 6.45) is 0. The molecular weight excluding hydrogens is 294 g/mol. The number of aryl methyl sites for hydroxylation is 1. The molecule has 0 saturated heterocycles. The molecule has 6 nitrogen and oxygen atoms in total. The van der Waals surface area contributed by atoms with Crippen molar-refractivity contribution in [3.63, 3.8) is 0 Å². The predicted octanol–water partition coefficient (Wildman–Crippen LogP) is 2.97. The Morgan fingerprint density at radius 2 is 1.91 bits per heavy atom. The van der Waals surface area contributed by atoms with Crippen LogP contribution in [0.25, 0.3) is 0 Å². The van der Waals surface area contributed by atoms with E-state index in [1.165, 1.54) is 6.07 Å². The highest BCUT2D eigenvalue weighted by Gasteiger charge is 2.13. The molecule has 0 bridgehead atoms. The maximum atomic E-state index is 12.1.